The molecule has 0 bridgehead atoms. The van der Waals surface area contributed by atoms with E-state index in [0.717, 1.165) is 5.70 Å². The van der Waals surface area contributed by atoms with Crippen LogP contribution in [0.1, 0.15) is 29.5 Å². The van der Waals surface area contributed by atoms with Gasteiger partial charge in [0.25, 0.3) is 0 Å². The molecule has 0 fully saturated rings. The van der Waals surface area contributed by atoms with Crippen molar-refractivity contribution in [3.63, 3.8) is 0 Å². The number of nitrogens with two attached hydrogens (primary N) is 1. The molecule has 90 valence electrons. The van der Waals surface area contributed by atoms with Gasteiger partial charge in [0.2, 0.25) is 0 Å². The molecule has 0 amide bonds. The Morgan fingerprint density at radius 1 is 0.889 bits per heavy atom. The summed E-state index contributed by atoms with van der Waals surface area (Å²) in [5, 5.41) is 0. The minimum atomic E-state index is 0.349. The highest BCUT2D eigenvalue weighted by atomic mass is 14.6. The van der Waals surface area contributed by atoms with Gasteiger partial charge in [0, 0.05) is 17.5 Å². The molecular weight excluding hydrogens is 218 g/mol. The predicted octanol–water partition coefficient (Wildman–Crippen LogP) is 3.77. The quantitative estimate of drug-likeness (QED) is 0.800. The zero-order chi connectivity index (χ0) is 12.5. The Hall–Kier alpha value is -2.02. The fraction of sp³-hybridized carbons (Fsp3) is 0.176. The number of rotatable bonds is 1. The van der Waals surface area contributed by atoms with Crippen LogP contribution in [-0.4, -0.2) is 0 Å². The van der Waals surface area contributed by atoms with Gasteiger partial charge in [-0.25, -0.2) is 0 Å². The summed E-state index contributed by atoms with van der Waals surface area (Å²) in [6, 6.07) is 19.2. The molecule has 2 aromatic rings. The van der Waals surface area contributed by atoms with Crippen molar-refractivity contribution in [2.24, 2.45) is 11.7 Å². The molecule has 0 radical (unpaired) electrons. The van der Waals surface area contributed by atoms with E-state index in [-0.39, 0.29) is 0 Å². The van der Waals surface area contributed by atoms with Crippen LogP contribution < -0.4 is 5.73 Å². The van der Waals surface area contributed by atoms with Gasteiger partial charge in [-0.3, -0.25) is 0 Å². The van der Waals surface area contributed by atoms with E-state index in [2.05, 4.69) is 67.6 Å². The van der Waals surface area contributed by atoms with Gasteiger partial charge in [-0.05, 0) is 22.8 Å². The molecule has 0 aliphatic heterocycles. The second-order valence-electron chi connectivity index (χ2n) is 4.95. The van der Waals surface area contributed by atoms with Crippen LogP contribution in [-0.2, 0) is 0 Å². The van der Waals surface area contributed by atoms with E-state index in [1.54, 1.807) is 0 Å². The van der Waals surface area contributed by atoms with Gasteiger partial charge < -0.3 is 5.73 Å². The predicted molar refractivity (Wildman–Crippen MR) is 76.1 cm³/mol. The fourth-order valence-corrected chi connectivity index (χ4v) is 2.83. The fourth-order valence-electron chi connectivity index (χ4n) is 2.83. The third-order valence-electron chi connectivity index (χ3n) is 3.84. The molecule has 0 heterocycles. The average molecular weight is 235 g/mol. The second kappa shape index (κ2) is 4.34. The van der Waals surface area contributed by atoms with Gasteiger partial charge in [-0.1, -0.05) is 61.5 Å². The van der Waals surface area contributed by atoms with E-state index >= 15 is 0 Å². The van der Waals surface area contributed by atoms with Gasteiger partial charge in [0.15, 0.2) is 0 Å². The Labute approximate surface area is 108 Å². The van der Waals surface area contributed by atoms with E-state index in [9.17, 15) is 0 Å². The molecule has 2 atom stereocenters. The summed E-state index contributed by atoms with van der Waals surface area (Å²) in [7, 11) is 0. The molecule has 0 saturated heterocycles. The molecule has 1 aliphatic carbocycles. The Balaban J connectivity index is 2.17. The molecule has 0 saturated carbocycles. The molecular formula is C17H17N. The van der Waals surface area contributed by atoms with Gasteiger partial charge >= 0.3 is 0 Å². The van der Waals surface area contributed by atoms with E-state index in [4.69, 9.17) is 5.73 Å². The molecule has 1 aliphatic rings. The van der Waals surface area contributed by atoms with Crippen LogP contribution in [0.4, 0.5) is 0 Å². The molecule has 0 spiro atoms. The first-order valence-electron chi connectivity index (χ1n) is 6.38. The summed E-state index contributed by atoms with van der Waals surface area (Å²) in [5.74, 6) is 0.717. The summed E-state index contributed by atoms with van der Waals surface area (Å²) < 4.78 is 0. The van der Waals surface area contributed by atoms with Crippen LogP contribution >= 0.6 is 0 Å². The lowest BCUT2D eigenvalue weighted by Gasteiger charge is -2.30. The van der Waals surface area contributed by atoms with Crippen molar-refractivity contribution in [2.75, 3.05) is 0 Å². The average Bonchev–Trinajstić information content (AvgIpc) is 2.41. The number of hydrogen-bond acceptors (Lipinski definition) is 1. The third kappa shape index (κ3) is 1.72. The number of allylic oxidation sites excluding steroid dienone is 1. The van der Waals surface area contributed by atoms with Crippen molar-refractivity contribution < 1.29 is 0 Å². The zero-order valence-corrected chi connectivity index (χ0v) is 10.5. The largest absolute Gasteiger partial charge is 0.402 e. The third-order valence-corrected chi connectivity index (χ3v) is 3.84. The highest BCUT2D eigenvalue weighted by molar-refractivity contribution is 5.62. The summed E-state index contributed by atoms with van der Waals surface area (Å²) in [4.78, 5) is 0. The Kier molecular flexibility index (Phi) is 2.67. The smallest absolute Gasteiger partial charge is 0.0175 e. The van der Waals surface area contributed by atoms with Gasteiger partial charge in [-0.2, -0.15) is 0 Å². The van der Waals surface area contributed by atoms with Crippen LogP contribution in [0.25, 0.3) is 6.08 Å². The summed E-state index contributed by atoms with van der Waals surface area (Å²) in [5.41, 5.74) is 11.1. The van der Waals surface area contributed by atoms with Crippen molar-refractivity contribution in [2.45, 2.75) is 12.8 Å². The number of hydrogen-bond donors (Lipinski definition) is 1. The van der Waals surface area contributed by atoms with Crippen LogP contribution in [0.15, 0.2) is 60.3 Å². The standard InChI is InChI=1S/C17H17N/c1-12-16(18)11-14-9-5-6-10-15(14)17(12)13-7-3-2-4-8-13/h2-12,17H,18H2,1H3/t12-,17+/m1/s1. The maximum atomic E-state index is 6.18. The first kappa shape index (κ1) is 11.1. The lowest BCUT2D eigenvalue weighted by Crippen LogP contribution is -2.22. The van der Waals surface area contributed by atoms with Crippen molar-refractivity contribution >= 4 is 6.08 Å². The van der Waals surface area contributed by atoms with Gasteiger partial charge in [0.1, 0.15) is 0 Å². The second-order valence-corrected chi connectivity index (χ2v) is 4.95. The molecule has 3 rings (SSSR count). The molecule has 0 aromatic heterocycles. The Morgan fingerprint density at radius 3 is 2.33 bits per heavy atom. The first-order chi connectivity index (χ1) is 8.77. The SMILES string of the molecule is C[C@@H]1C(N)=Cc2ccccc2[C@@H]1c1ccccc1. The molecule has 0 unspecified atom stereocenters. The molecule has 1 nitrogen and oxygen atoms in total. The minimum Gasteiger partial charge on any atom is -0.402 e. The molecule has 18 heavy (non-hydrogen) atoms. The van der Waals surface area contributed by atoms with Crippen molar-refractivity contribution in [1.82, 2.24) is 0 Å². The van der Waals surface area contributed by atoms with Crippen molar-refractivity contribution in [1.29, 1.82) is 0 Å². The van der Waals surface area contributed by atoms with Gasteiger partial charge in [0.05, 0.1) is 0 Å². The monoisotopic (exact) mass is 235 g/mol. The van der Waals surface area contributed by atoms with E-state index in [1.165, 1.54) is 16.7 Å². The van der Waals surface area contributed by atoms with E-state index < -0.39 is 0 Å². The van der Waals surface area contributed by atoms with Gasteiger partial charge in [-0.15, -0.1) is 0 Å². The van der Waals surface area contributed by atoms with Crippen LogP contribution in [0, 0.1) is 5.92 Å². The molecule has 2 N–H and O–H groups in total. The normalized spacial score (nSPS) is 22.2. The Bertz CT molecular complexity index is 584. The zero-order valence-electron chi connectivity index (χ0n) is 10.5. The topological polar surface area (TPSA) is 26.0 Å². The Morgan fingerprint density at radius 2 is 1.56 bits per heavy atom. The summed E-state index contributed by atoms with van der Waals surface area (Å²) in [6.45, 7) is 2.21. The highest BCUT2D eigenvalue weighted by Gasteiger charge is 2.28. The lowest BCUT2D eigenvalue weighted by molar-refractivity contribution is 0.579. The lowest BCUT2D eigenvalue weighted by atomic mass is 9.75. The van der Waals surface area contributed by atoms with Crippen molar-refractivity contribution in [3.8, 4) is 0 Å². The van der Waals surface area contributed by atoms with Crippen molar-refractivity contribution in [3.05, 3.63) is 77.0 Å². The molecule has 2 aromatic carbocycles. The number of fused-ring (bicyclic) bond motifs is 1. The van der Waals surface area contributed by atoms with Crippen LogP contribution in [0.2, 0.25) is 0 Å². The molecule has 1 heteroatoms. The first-order valence-corrected chi connectivity index (χ1v) is 6.38. The highest BCUT2D eigenvalue weighted by Crippen LogP contribution is 2.40. The van der Waals surface area contributed by atoms with Crippen LogP contribution in [0.3, 0.4) is 0 Å². The maximum Gasteiger partial charge on any atom is 0.0175 e. The number of benzene rings is 2. The minimum absolute atomic E-state index is 0.349. The van der Waals surface area contributed by atoms with Crippen LogP contribution in [0.5, 0.6) is 0 Å². The van der Waals surface area contributed by atoms with E-state index in [0.29, 0.717) is 11.8 Å². The summed E-state index contributed by atoms with van der Waals surface area (Å²) >= 11 is 0. The maximum absolute atomic E-state index is 6.18. The van der Waals surface area contributed by atoms with E-state index in [1.807, 2.05) is 0 Å². The summed E-state index contributed by atoms with van der Waals surface area (Å²) in [6.07, 6.45) is 2.11.